The molecule has 0 heterocycles. The minimum absolute atomic E-state index is 0.0292. The second kappa shape index (κ2) is 14.2. The predicted octanol–water partition coefficient (Wildman–Crippen LogP) is 5.86. The van der Waals surface area contributed by atoms with E-state index in [1.165, 1.54) is 56.3 Å². The summed E-state index contributed by atoms with van der Waals surface area (Å²) in [6, 6.07) is 7.93. The summed E-state index contributed by atoms with van der Waals surface area (Å²) in [6.07, 6.45) is 10.9. The molecule has 1 aromatic carbocycles. The summed E-state index contributed by atoms with van der Waals surface area (Å²) < 4.78 is 10.2. The van der Waals surface area contributed by atoms with E-state index in [0.717, 1.165) is 5.75 Å². The van der Waals surface area contributed by atoms with Gasteiger partial charge in [0.15, 0.2) is 6.61 Å². The molecule has 24 heavy (non-hydrogen) atoms. The van der Waals surface area contributed by atoms with Crippen molar-refractivity contribution in [2.45, 2.75) is 70.1 Å². The van der Waals surface area contributed by atoms with Crippen LogP contribution in [0.2, 0.25) is 0 Å². The molecule has 1 rings (SSSR count). The molecule has 0 spiro atoms. The summed E-state index contributed by atoms with van der Waals surface area (Å²) in [5.41, 5.74) is 0. The minimum atomic E-state index is -0.328. The SMILES string of the molecule is CCCCCCCCCCSc1ccc(OCC(=O)OCC)cc1. The summed E-state index contributed by atoms with van der Waals surface area (Å²) in [5.74, 6) is 1.54. The smallest absolute Gasteiger partial charge is 0.344 e. The molecule has 136 valence electrons. The minimum Gasteiger partial charge on any atom is -0.482 e. The maximum atomic E-state index is 11.2. The van der Waals surface area contributed by atoms with Crippen molar-refractivity contribution >= 4 is 17.7 Å². The van der Waals surface area contributed by atoms with Crippen LogP contribution in [0.5, 0.6) is 5.75 Å². The fourth-order valence-electron chi connectivity index (χ4n) is 2.40. The number of hydrogen-bond acceptors (Lipinski definition) is 4. The number of rotatable bonds is 14. The Morgan fingerprint density at radius 3 is 2.17 bits per heavy atom. The molecule has 0 aliphatic carbocycles. The molecular weight excluding hydrogens is 320 g/mol. The summed E-state index contributed by atoms with van der Waals surface area (Å²) in [6.45, 7) is 4.40. The van der Waals surface area contributed by atoms with Crippen LogP contribution >= 0.6 is 11.8 Å². The highest BCUT2D eigenvalue weighted by atomic mass is 32.2. The van der Waals surface area contributed by atoms with Crippen LogP contribution in [0.15, 0.2) is 29.2 Å². The number of thioether (sulfide) groups is 1. The van der Waals surface area contributed by atoms with Crippen molar-refractivity contribution in [1.82, 2.24) is 0 Å². The van der Waals surface area contributed by atoms with E-state index in [4.69, 9.17) is 9.47 Å². The van der Waals surface area contributed by atoms with E-state index in [1.54, 1.807) is 6.92 Å². The third-order valence-electron chi connectivity index (χ3n) is 3.75. The highest BCUT2D eigenvalue weighted by Gasteiger charge is 2.03. The van der Waals surface area contributed by atoms with Crippen molar-refractivity contribution in [1.29, 1.82) is 0 Å². The van der Waals surface area contributed by atoms with E-state index in [2.05, 4.69) is 19.1 Å². The quantitative estimate of drug-likeness (QED) is 0.239. The largest absolute Gasteiger partial charge is 0.482 e. The first-order valence-corrected chi connectivity index (χ1v) is 10.3. The molecule has 0 unspecified atom stereocenters. The van der Waals surface area contributed by atoms with Gasteiger partial charge in [0.1, 0.15) is 5.75 Å². The third-order valence-corrected chi connectivity index (χ3v) is 4.85. The van der Waals surface area contributed by atoms with Crippen molar-refractivity contribution < 1.29 is 14.3 Å². The number of carbonyl (C=O) groups is 1. The number of carbonyl (C=O) groups excluding carboxylic acids is 1. The summed E-state index contributed by atoms with van der Waals surface area (Å²) in [4.78, 5) is 12.5. The molecular formula is C20H32O3S. The average Bonchev–Trinajstić information content (AvgIpc) is 2.60. The van der Waals surface area contributed by atoms with Gasteiger partial charge in [0.25, 0.3) is 0 Å². The first kappa shape index (κ1) is 20.9. The van der Waals surface area contributed by atoms with Gasteiger partial charge in [-0.1, -0.05) is 51.9 Å². The lowest BCUT2D eigenvalue weighted by Gasteiger charge is -2.07. The normalized spacial score (nSPS) is 10.6. The Balaban J connectivity index is 2.06. The van der Waals surface area contributed by atoms with Gasteiger partial charge in [0.05, 0.1) is 6.61 Å². The van der Waals surface area contributed by atoms with Gasteiger partial charge in [-0.05, 0) is 43.4 Å². The molecule has 4 heteroatoms. The van der Waals surface area contributed by atoms with Crippen LogP contribution < -0.4 is 4.74 Å². The number of ether oxygens (including phenoxy) is 2. The average molecular weight is 353 g/mol. The molecule has 0 atom stereocenters. The van der Waals surface area contributed by atoms with Gasteiger partial charge in [-0.25, -0.2) is 4.79 Å². The molecule has 0 amide bonds. The third kappa shape index (κ3) is 10.6. The molecule has 3 nitrogen and oxygen atoms in total. The Bertz CT molecular complexity index is 431. The lowest BCUT2D eigenvalue weighted by molar-refractivity contribution is -0.145. The van der Waals surface area contributed by atoms with Crippen LogP contribution in [0.4, 0.5) is 0 Å². The van der Waals surface area contributed by atoms with E-state index in [9.17, 15) is 4.79 Å². The van der Waals surface area contributed by atoms with Crippen molar-refractivity contribution in [2.24, 2.45) is 0 Å². The predicted molar refractivity (Wildman–Crippen MR) is 102 cm³/mol. The molecule has 0 saturated heterocycles. The molecule has 0 fully saturated rings. The zero-order valence-electron chi connectivity index (χ0n) is 15.2. The molecule has 0 aromatic heterocycles. The van der Waals surface area contributed by atoms with Crippen LogP contribution in [0.1, 0.15) is 65.2 Å². The first-order chi connectivity index (χ1) is 11.8. The second-order valence-electron chi connectivity index (χ2n) is 5.89. The monoisotopic (exact) mass is 352 g/mol. The lowest BCUT2D eigenvalue weighted by atomic mass is 10.1. The topological polar surface area (TPSA) is 35.5 Å². The van der Waals surface area contributed by atoms with E-state index in [0.29, 0.717) is 12.4 Å². The number of benzene rings is 1. The Morgan fingerprint density at radius 2 is 1.54 bits per heavy atom. The van der Waals surface area contributed by atoms with Crippen LogP contribution in [-0.4, -0.2) is 24.9 Å². The van der Waals surface area contributed by atoms with Gasteiger partial charge in [-0.2, -0.15) is 0 Å². The second-order valence-corrected chi connectivity index (χ2v) is 7.06. The number of unbranched alkanes of at least 4 members (excludes halogenated alkanes) is 7. The summed E-state index contributed by atoms with van der Waals surface area (Å²) in [5, 5.41) is 0. The fraction of sp³-hybridized carbons (Fsp3) is 0.650. The van der Waals surface area contributed by atoms with Crippen LogP contribution in [-0.2, 0) is 9.53 Å². The number of hydrogen-bond donors (Lipinski definition) is 0. The molecule has 0 aliphatic rings. The molecule has 0 bridgehead atoms. The van der Waals surface area contributed by atoms with Gasteiger partial charge in [0.2, 0.25) is 0 Å². The fourth-order valence-corrected chi connectivity index (χ4v) is 3.32. The zero-order chi connectivity index (χ0) is 17.5. The lowest BCUT2D eigenvalue weighted by Crippen LogP contribution is -2.14. The maximum Gasteiger partial charge on any atom is 0.344 e. The highest BCUT2D eigenvalue weighted by Crippen LogP contribution is 2.23. The van der Waals surface area contributed by atoms with Crippen LogP contribution in [0.3, 0.4) is 0 Å². The van der Waals surface area contributed by atoms with Gasteiger partial charge in [-0.15, -0.1) is 11.8 Å². The Labute approximate surface area is 151 Å². The van der Waals surface area contributed by atoms with Crippen molar-refractivity contribution in [2.75, 3.05) is 19.0 Å². The zero-order valence-corrected chi connectivity index (χ0v) is 16.0. The van der Waals surface area contributed by atoms with E-state index in [1.807, 2.05) is 23.9 Å². The molecule has 1 aromatic rings. The van der Waals surface area contributed by atoms with Gasteiger partial charge in [-0.3, -0.25) is 0 Å². The maximum absolute atomic E-state index is 11.2. The first-order valence-electron chi connectivity index (χ1n) is 9.27. The van der Waals surface area contributed by atoms with Crippen LogP contribution in [0.25, 0.3) is 0 Å². The highest BCUT2D eigenvalue weighted by molar-refractivity contribution is 7.99. The number of esters is 1. The standard InChI is InChI=1S/C20H32O3S/c1-3-5-6-7-8-9-10-11-16-24-19-14-12-18(13-15-19)23-17-20(21)22-4-2/h12-15H,3-11,16-17H2,1-2H3. The van der Waals surface area contributed by atoms with Gasteiger partial charge >= 0.3 is 5.97 Å². The van der Waals surface area contributed by atoms with Crippen molar-refractivity contribution in [3.05, 3.63) is 24.3 Å². The van der Waals surface area contributed by atoms with Gasteiger partial charge < -0.3 is 9.47 Å². The van der Waals surface area contributed by atoms with E-state index >= 15 is 0 Å². The Hall–Kier alpha value is -1.16. The van der Waals surface area contributed by atoms with Gasteiger partial charge in [0, 0.05) is 4.90 Å². The molecule has 0 saturated carbocycles. The van der Waals surface area contributed by atoms with Crippen molar-refractivity contribution in [3.8, 4) is 5.75 Å². The molecule has 0 aliphatic heterocycles. The summed E-state index contributed by atoms with van der Waals surface area (Å²) >= 11 is 1.89. The Kier molecular flexibility index (Phi) is 12.4. The molecule has 0 N–H and O–H groups in total. The Morgan fingerprint density at radius 1 is 0.917 bits per heavy atom. The van der Waals surface area contributed by atoms with E-state index in [-0.39, 0.29) is 12.6 Å². The van der Waals surface area contributed by atoms with E-state index < -0.39 is 0 Å². The molecule has 0 radical (unpaired) electrons. The van der Waals surface area contributed by atoms with Crippen LogP contribution in [0, 0.1) is 0 Å². The van der Waals surface area contributed by atoms with Crippen molar-refractivity contribution in [3.63, 3.8) is 0 Å². The summed E-state index contributed by atoms with van der Waals surface area (Å²) in [7, 11) is 0.